The molecule has 0 radical (unpaired) electrons. The maximum absolute atomic E-state index is 12.4. The van der Waals surface area contributed by atoms with E-state index in [2.05, 4.69) is 43.5 Å². The second-order valence-corrected chi connectivity index (χ2v) is 17.5. The second-order valence-electron chi connectivity index (χ2n) is 17.5. The molecule has 0 saturated carbocycles. The lowest BCUT2D eigenvalue weighted by Crippen LogP contribution is -2.45. The van der Waals surface area contributed by atoms with Crippen LogP contribution in [-0.4, -0.2) is 47.4 Å². The Hall–Kier alpha value is -1.92. The molecule has 0 aromatic rings. The highest BCUT2D eigenvalue weighted by molar-refractivity contribution is 5.76. The Balaban J connectivity index is 3.51. The summed E-state index contributed by atoms with van der Waals surface area (Å²) in [6, 6.07) is -0.639. The van der Waals surface area contributed by atoms with Gasteiger partial charge in [-0.2, -0.15) is 0 Å². The number of hydrogen-bond acceptors (Lipinski definition) is 5. The molecular weight excluding hydrogens is 731 g/mol. The van der Waals surface area contributed by atoms with Crippen molar-refractivity contribution in [3.05, 3.63) is 36.5 Å². The van der Waals surface area contributed by atoms with Crippen molar-refractivity contribution in [2.75, 3.05) is 13.2 Å². The Bertz CT molecular complexity index is 962. The zero-order chi connectivity index (χ0) is 43.0. The van der Waals surface area contributed by atoms with Crippen molar-refractivity contribution in [2.24, 2.45) is 0 Å². The van der Waals surface area contributed by atoms with E-state index in [1.54, 1.807) is 6.08 Å². The number of hydrogen-bond donors (Lipinski definition) is 3. The lowest BCUT2D eigenvalue weighted by Gasteiger charge is -2.20. The van der Waals surface area contributed by atoms with E-state index in [-0.39, 0.29) is 18.5 Å². The molecular formula is C53H99NO5. The molecule has 0 aromatic heterocycles. The molecule has 0 aliphatic carbocycles. The number of rotatable bonds is 47. The zero-order valence-corrected chi connectivity index (χ0v) is 39.2. The number of aliphatic hydroxyl groups is 2. The first-order valence-corrected chi connectivity index (χ1v) is 25.8. The van der Waals surface area contributed by atoms with E-state index >= 15 is 0 Å². The first-order valence-electron chi connectivity index (χ1n) is 25.8. The summed E-state index contributed by atoms with van der Waals surface area (Å²) in [5.74, 6) is -0.100. The number of aliphatic hydroxyl groups excluding tert-OH is 2. The van der Waals surface area contributed by atoms with Crippen LogP contribution in [0.25, 0.3) is 0 Å². The van der Waals surface area contributed by atoms with Gasteiger partial charge in [-0.3, -0.25) is 9.59 Å². The van der Waals surface area contributed by atoms with Crippen molar-refractivity contribution in [3.63, 3.8) is 0 Å². The number of carbonyl (C=O) groups is 2. The highest BCUT2D eigenvalue weighted by atomic mass is 16.5. The molecule has 0 aliphatic heterocycles. The van der Waals surface area contributed by atoms with E-state index in [0.29, 0.717) is 19.4 Å². The van der Waals surface area contributed by atoms with Crippen molar-refractivity contribution in [1.82, 2.24) is 5.32 Å². The van der Waals surface area contributed by atoms with Crippen molar-refractivity contribution in [1.29, 1.82) is 0 Å². The largest absolute Gasteiger partial charge is 0.466 e. The molecule has 0 fully saturated rings. The number of esters is 1. The normalized spacial score (nSPS) is 12.9. The SMILES string of the molecule is CCCCCC/C=C\CCCCCCCC(=O)OCCCCCCCCC/C=C\CCCCCCCC(=O)NC(CO)C(O)/C=C/CCCCCCCCCCCCC. The summed E-state index contributed by atoms with van der Waals surface area (Å²) in [5.41, 5.74) is 0. The first-order chi connectivity index (χ1) is 29.0. The minimum absolute atomic E-state index is 0.0139. The average molecular weight is 830 g/mol. The smallest absolute Gasteiger partial charge is 0.305 e. The van der Waals surface area contributed by atoms with Crippen LogP contribution in [0.5, 0.6) is 0 Å². The van der Waals surface area contributed by atoms with Gasteiger partial charge in [0.25, 0.3) is 0 Å². The van der Waals surface area contributed by atoms with Gasteiger partial charge in [0.05, 0.1) is 25.4 Å². The van der Waals surface area contributed by atoms with Crippen LogP contribution in [0.2, 0.25) is 0 Å². The highest BCUT2D eigenvalue weighted by Gasteiger charge is 2.18. The fourth-order valence-electron chi connectivity index (χ4n) is 7.62. The summed E-state index contributed by atoms with van der Waals surface area (Å²) in [6.45, 7) is 4.85. The van der Waals surface area contributed by atoms with Gasteiger partial charge in [0.1, 0.15) is 0 Å². The second kappa shape index (κ2) is 48.7. The van der Waals surface area contributed by atoms with Crippen LogP contribution in [0.1, 0.15) is 264 Å². The third kappa shape index (κ3) is 45.4. The Morgan fingerprint density at radius 2 is 0.797 bits per heavy atom. The van der Waals surface area contributed by atoms with Crippen LogP contribution >= 0.6 is 0 Å². The third-order valence-corrected chi connectivity index (χ3v) is 11.6. The van der Waals surface area contributed by atoms with E-state index in [9.17, 15) is 19.8 Å². The number of ether oxygens (including phenoxy) is 1. The van der Waals surface area contributed by atoms with E-state index in [0.717, 1.165) is 64.2 Å². The van der Waals surface area contributed by atoms with Crippen molar-refractivity contribution in [2.45, 2.75) is 276 Å². The predicted octanol–water partition coefficient (Wildman–Crippen LogP) is 15.3. The molecule has 0 aliphatic rings. The number of nitrogens with one attached hydrogen (secondary N) is 1. The highest BCUT2D eigenvalue weighted by Crippen LogP contribution is 2.14. The first kappa shape index (κ1) is 57.1. The molecule has 0 heterocycles. The van der Waals surface area contributed by atoms with E-state index in [1.807, 2.05) is 6.08 Å². The van der Waals surface area contributed by atoms with Gasteiger partial charge in [-0.05, 0) is 83.5 Å². The molecule has 0 bridgehead atoms. The predicted molar refractivity (Wildman–Crippen MR) is 255 cm³/mol. The van der Waals surface area contributed by atoms with E-state index < -0.39 is 12.1 Å². The Morgan fingerprint density at radius 1 is 0.458 bits per heavy atom. The van der Waals surface area contributed by atoms with Crippen molar-refractivity contribution < 1.29 is 24.5 Å². The lowest BCUT2D eigenvalue weighted by atomic mass is 10.0. The quantitative estimate of drug-likeness (QED) is 0.0323. The van der Waals surface area contributed by atoms with Crippen molar-refractivity contribution >= 4 is 11.9 Å². The lowest BCUT2D eigenvalue weighted by molar-refractivity contribution is -0.143. The number of carbonyl (C=O) groups excluding carboxylic acids is 2. The fraction of sp³-hybridized carbons (Fsp3) is 0.849. The fourth-order valence-corrected chi connectivity index (χ4v) is 7.62. The van der Waals surface area contributed by atoms with Crippen molar-refractivity contribution in [3.8, 4) is 0 Å². The molecule has 6 heteroatoms. The summed E-state index contributed by atoms with van der Waals surface area (Å²) in [5, 5.41) is 23.0. The molecule has 0 aromatic carbocycles. The summed E-state index contributed by atoms with van der Waals surface area (Å²) in [7, 11) is 0. The van der Waals surface area contributed by atoms with Crippen LogP contribution in [-0.2, 0) is 14.3 Å². The van der Waals surface area contributed by atoms with Crippen LogP contribution in [0, 0.1) is 0 Å². The van der Waals surface area contributed by atoms with Gasteiger partial charge in [-0.25, -0.2) is 0 Å². The molecule has 2 unspecified atom stereocenters. The number of allylic oxidation sites excluding steroid dienone is 5. The zero-order valence-electron chi connectivity index (χ0n) is 39.2. The number of unbranched alkanes of at least 4 members (excludes halogenated alkanes) is 32. The van der Waals surface area contributed by atoms with Gasteiger partial charge in [-0.15, -0.1) is 0 Å². The van der Waals surface area contributed by atoms with Gasteiger partial charge in [-0.1, -0.05) is 204 Å². The summed E-state index contributed by atoms with van der Waals surface area (Å²) >= 11 is 0. The van der Waals surface area contributed by atoms with Gasteiger partial charge in [0, 0.05) is 12.8 Å². The molecule has 59 heavy (non-hydrogen) atoms. The third-order valence-electron chi connectivity index (χ3n) is 11.6. The molecule has 3 N–H and O–H groups in total. The molecule has 2 atom stereocenters. The van der Waals surface area contributed by atoms with Crippen LogP contribution < -0.4 is 5.32 Å². The Labute approximate surface area is 366 Å². The van der Waals surface area contributed by atoms with Crippen LogP contribution in [0.3, 0.4) is 0 Å². The standard InChI is InChI=1S/C53H99NO5/c1-3-5-7-9-11-13-15-21-25-29-33-37-41-45-51(56)50(49-55)54-52(57)46-42-38-34-30-26-23-19-17-18-20-24-28-32-36-40-44-48-59-53(58)47-43-39-35-31-27-22-16-14-12-10-8-6-4-2/h14,16-17,19,41,45,50-51,55-56H,3-13,15,18,20-40,42-44,46-49H2,1-2H3,(H,54,57)/b16-14-,19-17-,45-41+. The molecule has 0 saturated heterocycles. The summed E-state index contributed by atoms with van der Waals surface area (Å²) < 4.78 is 5.45. The van der Waals surface area contributed by atoms with Gasteiger partial charge >= 0.3 is 5.97 Å². The maximum Gasteiger partial charge on any atom is 0.305 e. The minimum Gasteiger partial charge on any atom is -0.466 e. The molecule has 346 valence electrons. The minimum atomic E-state index is -0.854. The summed E-state index contributed by atoms with van der Waals surface area (Å²) in [6.07, 6.45) is 58.5. The maximum atomic E-state index is 12.4. The average Bonchev–Trinajstić information content (AvgIpc) is 3.24. The molecule has 0 spiro atoms. The van der Waals surface area contributed by atoms with Gasteiger partial charge in [0.2, 0.25) is 5.91 Å². The Kier molecular flexibility index (Phi) is 47.2. The molecule has 6 nitrogen and oxygen atoms in total. The number of amides is 1. The molecule has 0 rings (SSSR count). The van der Waals surface area contributed by atoms with Gasteiger partial charge in [0.15, 0.2) is 0 Å². The van der Waals surface area contributed by atoms with E-state index in [4.69, 9.17) is 4.74 Å². The summed E-state index contributed by atoms with van der Waals surface area (Å²) in [4.78, 5) is 24.4. The van der Waals surface area contributed by atoms with Crippen LogP contribution in [0.15, 0.2) is 36.5 Å². The topological polar surface area (TPSA) is 95.9 Å². The van der Waals surface area contributed by atoms with E-state index in [1.165, 1.54) is 173 Å². The monoisotopic (exact) mass is 830 g/mol. The van der Waals surface area contributed by atoms with Crippen LogP contribution in [0.4, 0.5) is 0 Å². The Morgan fingerprint density at radius 3 is 1.22 bits per heavy atom. The van der Waals surface area contributed by atoms with Gasteiger partial charge < -0.3 is 20.3 Å². The molecule has 1 amide bonds.